The zero-order valence-electron chi connectivity index (χ0n) is 11.3. The van der Waals surface area contributed by atoms with Gasteiger partial charge in [0.05, 0.1) is 0 Å². The molecule has 0 nitrogen and oxygen atoms in total. The van der Waals surface area contributed by atoms with Crippen molar-refractivity contribution in [2.24, 2.45) is 0 Å². The predicted octanol–water partition coefficient (Wildman–Crippen LogP) is 5.60. The number of unbranched alkanes of at least 4 members (excludes halogenated alkanes) is 2. The van der Waals surface area contributed by atoms with E-state index in [0.717, 1.165) is 6.42 Å². The van der Waals surface area contributed by atoms with E-state index in [0.29, 0.717) is 5.92 Å². The normalized spacial score (nSPS) is 19.7. The summed E-state index contributed by atoms with van der Waals surface area (Å²) in [6, 6.07) is 7.04. The quantitative estimate of drug-likeness (QED) is 0.468. The van der Waals surface area contributed by atoms with E-state index in [2.05, 4.69) is 13.0 Å². The molecular weight excluding hydrogens is 223 g/mol. The molecule has 18 heavy (non-hydrogen) atoms. The third kappa shape index (κ3) is 3.69. The van der Waals surface area contributed by atoms with Gasteiger partial charge in [-0.05, 0) is 55.7 Å². The van der Waals surface area contributed by atoms with E-state index in [9.17, 15) is 4.39 Å². The summed E-state index contributed by atoms with van der Waals surface area (Å²) in [6.45, 7) is 2.25. The molecule has 0 heterocycles. The van der Waals surface area contributed by atoms with Crippen molar-refractivity contribution in [3.05, 3.63) is 47.3 Å². The highest BCUT2D eigenvalue weighted by Gasteiger charge is 2.15. The summed E-state index contributed by atoms with van der Waals surface area (Å²) in [5, 5.41) is 0. The van der Waals surface area contributed by atoms with Crippen molar-refractivity contribution < 1.29 is 4.39 Å². The predicted molar refractivity (Wildman–Crippen MR) is 75.2 cm³/mol. The van der Waals surface area contributed by atoms with Gasteiger partial charge in [0.2, 0.25) is 0 Å². The highest BCUT2D eigenvalue weighted by Crippen LogP contribution is 2.33. The summed E-state index contributed by atoms with van der Waals surface area (Å²) < 4.78 is 12.9. The lowest BCUT2D eigenvalue weighted by molar-refractivity contribution is 0.571. The molecule has 0 N–H and O–H groups in total. The van der Waals surface area contributed by atoms with Crippen molar-refractivity contribution in [2.75, 3.05) is 0 Å². The first-order chi connectivity index (χ1) is 8.79. The van der Waals surface area contributed by atoms with Crippen LogP contribution in [0.3, 0.4) is 0 Å². The van der Waals surface area contributed by atoms with Crippen LogP contribution in [0.5, 0.6) is 0 Å². The molecule has 0 saturated carbocycles. The largest absolute Gasteiger partial charge is 0.207 e. The fraction of sp³-hybridized carbons (Fsp3) is 0.529. The first-order valence-electron chi connectivity index (χ1n) is 7.23. The summed E-state index contributed by atoms with van der Waals surface area (Å²) in [6.07, 6.45) is 11.3. The number of rotatable bonds is 5. The van der Waals surface area contributed by atoms with Crippen LogP contribution in [0, 0.1) is 5.82 Å². The molecule has 1 aliphatic rings. The van der Waals surface area contributed by atoms with Crippen LogP contribution in [0.25, 0.3) is 0 Å². The lowest BCUT2D eigenvalue weighted by atomic mass is 9.83. The van der Waals surface area contributed by atoms with E-state index in [4.69, 9.17) is 0 Å². The van der Waals surface area contributed by atoms with Crippen LogP contribution in [-0.2, 0) is 0 Å². The lowest BCUT2D eigenvalue weighted by Crippen LogP contribution is -2.04. The molecule has 1 unspecified atom stereocenters. The Morgan fingerprint density at radius 1 is 1.17 bits per heavy atom. The molecule has 1 aliphatic carbocycles. The van der Waals surface area contributed by atoms with Crippen LogP contribution in [0.15, 0.2) is 35.9 Å². The van der Waals surface area contributed by atoms with E-state index in [1.165, 1.54) is 44.1 Å². The third-order valence-electron chi connectivity index (χ3n) is 3.95. The Bertz CT molecular complexity index is 389. The molecule has 0 radical (unpaired) electrons. The Morgan fingerprint density at radius 2 is 1.94 bits per heavy atom. The average Bonchev–Trinajstić information content (AvgIpc) is 2.41. The fourth-order valence-corrected chi connectivity index (χ4v) is 2.76. The Hall–Kier alpha value is -1.11. The van der Waals surface area contributed by atoms with Gasteiger partial charge >= 0.3 is 0 Å². The van der Waals surface area contributed by atoms with Crippen LogP contribution in [-0.4, -0.2) is 0 Å². The first kappa shape index (κ1) is 13.3. The van der Waals surface area contributed by atoms with Crippen LogP contribution in [0.2, 0.25) is 0 Å². The van der Waals surface area contributed by atoms with Gasteiger partial charge in [0.15, 0.2) is 0 Å². The zero-order chi connectivity index (χ0) is 12.8. The molecule has 0 fully saturated rings. The maximum Gasteiger partial charge on any atom is 0.123 e. The van der Waals surface area contributed by atoms with Crippen molar-refractivity contribution in [1.82, 2.24) is 0 Å². The zero-order valence-corrected chi connectivity index (χ0v) is 11.3. The monoisotopic (exact) mass is 246 g/mol. The van der Waals surface area contributed by atoms with Crippen LogP contribution < -0.4 is 0 Å². The Kier molecular flexibility index (Phi) is 4.98. The number of allylic oxidation sites excluding steroid dienone is 2. The van der Waals surface area contributed by atoms with E-state index >= 15 is 0 Å². The van der Waals surface area contributed by atoms with Gasteiger partial charge in [-0.15, -0.1) is 0 Å². The van der Waals surface area contributed by atoms with Crippen LogP contribution in [0.4, 0.5) is 4.39 Å². The second-order valence-corrected chi connectivity index (χ2v) is 5.34. The number of benzene rings is 1. The molecule has 0 aromatic heterocycles. The van der Waals surface area contributed by atoms with Crippen molar-refractivity contribution in [2.45, 2.75) is 57.8 Å². The molecule has 0 saturated heterocycles. The van der Waals surface area contributed by atoms with Gasteiger partial charge in [-0.25, -0.2) is 4.39 Å². The van der Waals surface area contributed by atoms with Gasteiger partial charge in [-0.2, -0.15) is 0 Å². The standard InChI is InChI=1S/C17H23F/c1-2-3-4-5-14-6-8-15(9-7-14)16-10-12-17(18)13-11-16/h6,10-13,15H,2-5,7-9H2,1H3. The Morgan fingerprint density at radius 3 is 2.56 bits per heavy atom. The van der Waals surface area contributed by atoms with Gasteiger partial charge in [0.1, 0.15) is 5.82 Å². The molecule has 0 spiro atoms. The summed E-state index contributed by atoms with van der Waals surface area (Å²) in [5.41, 5.74) is 2.93. The van der Waals surface area contributed by atoms with Crippen LogP contribution in [0.1, 0.15) is 63.4 Å². The Labute approximate surface area is 110 Å². The highest BCUT2D eigenvalue weighted by molar-refractivity contribution is 5.23. The third-order valence-corrected chi connectivity index (χ3v) is 3.95. The summed E-state index contributed by atoms with van der Waals surface area (Å²) in [7, 11) is 0. The minimum absolute atomic E-state index is 0.134. The topological polar surface area (TPSA) is 0 Å². The van der Waals surface area contributed by atoms with Gasteiger partial charge in [0, 0.05) is 0 Å². The average molecular weight is 246 g/mol. The van der Waals surface area contributed by atoms with Crippen molar-refractivity contribution in [3.63, 3.8) is 0 Å². The lowest BCUT2D eigenvalue weighted by Gasteiger charge is -2.22. The van der Waals surface area contributed by atoms with E-state index in [1.807, 2.05) is 12.1 Å². The molecule has 1 heteroatoms. The van der Waals surface area contributed by atoms with Crippen molar-refractivity contribution >= 4 is 0 Å². The minimum atomic E-state index is -0.134. The smallest absolute Gasteiger partial charge is 0.123 e. The molecule has 98 valence electrons. The SMILES string of the molecule is CCCCCC1=CCC(c2ccc(F)cc2)CC1. The second-order valence-electron chi connectivity index (χ2n) is 5.34. The van der Waals surface area contributed by atoms with Gasteiger partial charge in [-0.1, -0.05) is 43.5 Å². The molecule has 1 atom stereocenters. The molecule has 2 rings (SSSR count). The maximum absolute atomic E-state index is 12.9. The van der Waals surface area contributed by atoms with Gasteiger partial charge in [0.25, 0.3) is 0 Å². The van der Waals surface area contributed by atoms with E-state index < -0.39 is 0 Å². The van der Waals surface area contributed by atoms with Gasteiger partial charge < -0.3 is 0 Å². The number of hydrogen-bond donors (Lipinski definition) is 0. The van der Waals surface area contributed by atoms with Crippen LogP contribution >= 0.6 is 0 Å². The molecule has 1 aromatic rings. The van der Waals surface area contributed by atoms with Gasteiger partial charge in [-0.3, -0.25) is 0 Å². The fourth-order valence-electron chi connectivity index (χ4n) is 2.76. The minimum Gasteiger partial charge on any atom is -0.207 e. The van der Waals surface area contributed by atoms with Crippen molar-refractivity contribution in [1.29, 1.82) is 0 Å². The number of halogens is 1. The summed E-state index contributed by atoms with van der Waals surface area (Å²) in [5.74, 6) is 0.464. The summed E-state index contributed by atoms with van der Waals surface area (Å²) >= 11 is 0. The number of hydrogen-bond acceptors (Lipinski definition) is 0. The summed E-state index contributed by atoms with van der Waals surface area (Å²) in [4.78, 5) is 0. The molecule has 0 amide bonds. The maximum atomic E-state index is 12.9. The molecule has 0 bridgehead atoms. The van der Waals surface area contributed by atoms with Crippen molar-refractivity contribution in [3.8, 4) is 0 Å². The molecule has 0 aliphatic heterocycles. The first-order valence-corrected chi connectivity index (χ1v) is 7.23. The second kappa shape index (κ2) is 6.72. The highest BCUT2D eigenvalue weighted by atomic mass is 19.1. The molecule has 1 aromatic carbocycles. The van der Waals surface area contributed by atoms with E-state index in [1.54, 1.807) is 17.7 Å². The van der Waals surface area contributed by atoms with E-state index in [-0.39, 0.29) is 5.82 Å². The molecular formula is C17H23F. The Balaban J connectivity index is 1.87.